The van der Waals surface area contributed by atoms with Crippen molar-refractivity contribution in [2.45, 2.75) is 31.1 Å². The van der Waals surface area contributed by atoms with Gasteiger partial charge in [0.2, 0.25) is 10.0 Å². The molecule has 27 heavy (non-hydrogen) atoms. The predicted molar refractivity (Wildman–Crippen MR) is 100 cm³/mol. The molecule has 0 amide bonds. The number of aromatic nitrogens is 2. The molecule has 1 unspecified atom stereocenters. The van der Waals surface area contributed by atoms with Crippen molar-refractivity contribution in [2.75, 3.05) is 31.1 Å². The summed E-state index contributed by atoms with van der Waals surface area (Å²) < 4.78 is 40.9. The first-order valence-electron chi connectivity index (χ1n) is 9.19. The summed E-state index contributed by atoms with van der Waals surface area (Å²) in [4.78, 5) is 2.23. The monoisotopic (exact) mass is 390 g/mol. The topological polar surface area (TPSA) is 66.4 Å². The first-order chi connectivity index (χ1) is 12.9. The van der Waals surface area contributed by atoms with E-state index in [1.54, 1.807) is 0 Å². The molecular formula is C19H23FN4O2S. The first kappa shape index (κ1) is 18.3. The highest BCUT2D eigenvalue weighted by Crippen LogP contribution is 2.41. The zero-order chi connectivity index (χ0) is 19.1. The number of hydrogen-bond acceptors (Lipinski definition) is 5. The molecule has 6 nitrogen and oxygen atoms in total. The second-order valence-electron chi connectivity index (χ2n) is 7.60. The van der Waals surface area contributed by atoms with Gasteiger partial charge in [-0.1, -0.05) is 6.07 Å². The van der Waals surface area contributed by atoms with Gasteiger partial charge in [0.15, 0.2) is 5.82 Å². The summed E-state index contributed by atoms with van der Waals surface area (Å²) in [5, 5.41) is 8.42. The third-order valence-corrected chi connectivity index (χ3v) is 7.45. The van der Waals surface area contributed by atoms with Crippen LogP contribution in [0.3, 0.4) is 0 Å². The Morgan fingerprint density at radius 1 is 1.07 bits per heavy atom. The highest BCUT2D eigenvalue weighted by Gasteiger charge is 2.45. The van der Waals surface area contributed by atoms with Gasteiger partial charge in [-0.3, -0.25) is 0 Å². The summed E-state index contributed by atoms with van der Waals surface area (Å²) in [6.45, 7) is 4.49. The summed E-state index contributed by atoms with van der Waals surface area (Å²) in [6, 6.07) is 9.16. The van der Waals surface area contributed by atoms with Gasteiger partial charge in [0.05, 0.1) is 10.6 Å². The zero-order valence-corrected chi connectivity index (χ0v) is 16.1. The Morgan fingerprint density at radius 2 is 1.93 bits per heavy atom. The van der Waals surface area contributed by atoms with Gasteiger partial charge >= 0.3 is 0 Å². The number of anilines is 1. The molecule has 1 aromatic carbocycles. The molecule has 2 aliphatic rings. The van der Waals surface area contributed by atoms with E-state index in [1.165, 1.54) is 22.5 Å². The van der Waals surface area contributed by atoms with Gasteiger partial charge in [0.1, 0.15) is 5.82 Å². The fourth-order valence-corrected chi connectivity index (χ4v) is 5.76. The molecule has 0 aliphatic carbocycles. The first-order valence-corrected chi connectivity index (χ1v) is 10.6. The Hall–Kier alpha value is -2.06. The van der Waals surface area contributed by atoms with Crippen molar-refractivity contribution in [2.24, 2.45) is 5.41 Å². The third-order valence-electron chi connectivity index (χ3n) is 5.61. The molecule has 8 heteroatoms. The summed E-state index contributed by atoms with van der Waals surface area (Å²) in [5.74, 6) is 0.304. The van der Waals surface area contributed by atoms with Crippen LogP contribution in [-0.2, 0) is 10.0 Å². The van der Waals surface area contributed by atoms with Gasteiger partial charge in [-0.2, -0.15) is 9.40 Å². The molecular weight excluding hydrogens is 367 g/mol. The van der Waals surface area contributed by atoms with Crippen LogP contribution in [0.2, 0.25) is 0 Å². The summed E-state index contributed by atoms with van der Waals surface area (Å²) >= 11 is 0. The number of piperidine rings is 1. The fourth-order valence-electron chi connectivity index (χ4n) is 4.17. The highest BCUT2D eigenvalue weighted by molar-refractivity contribution is 7.89. The number of hydrogen-bond donors (Lipinski definition) is 0. The molecule has 144 valence electrons. The molecule has 0 bridgehead atoms. The second kappa shape index (κ2) is 6.83. The molecule has 0 N–H and O–H groups in total. The Labute approximate surface area is 159 Å². The van der Waals surface area contributed by atoms with Crippen LogP contribution in [0.4, 0.5) is 10.2 Å². The van der Waals surface area contributed by atoms with Gasteiger partial charge in [0, 0.05) is 31.6 Å². The van der Waals surface area contributed by atoms with Crippen molar-refractivity contribution in [3.8, 4) is 0 Å². The smallest absolute Gasteiger partial charge is 0.243 e. The maximum atomic E-state index is 13.5. The quantitative estimate of drug-likeness (QED) is 0.806. The Bertz CT molecular complexity index is 935. The number of halogens is 1. The van der Waals surface area contributed by atoms with Crippen LogP contribution in [0.1, 0.15) is 25.0 Å². The van der Waals surface area contributed by atoms with Crippen LogP contribution in [0.15, 0.2) is 41.3 Å². The maximum absolute atomic E-state index is 13.5. The number of aryl methyl sites for hydroxylation is 1. The minimum atomic E-state index is -3.68. The standard InChI is InChI=1S/C19H23FN4O2S/c1-15-6-7-18(22-21-15)23-10-3-8-19(13-23)9-11-24(14-19)27(25,26)17-5-2-4-16(20)12-17/h2,4-7,12H,3,8-11,13-14H2,1H3. The summed E-state index contributed by atoms with van der Waals surface area (Å²) in [7, 11) is -3.68. The summed E-state index contributed by atoms with van der Waals surface area (Å²) in [5.41, 5.74) is 0.782. The molecule has 0 saturated carbocycles. The van der Waals surface area contributed by atoms with Gasteiger partial charge in [-0.25, -0.2) is 12.8 Å². The molecule has 2 aromatic rings. The van der Waals surface area contributed by atoms with E-state index in [-0.39, 0.29) is 10.3 Å². The van der Waals surface area contributed by atoms with Crippen molar-refractivity contribution in [3.63, 3.8) is 0 Å². The van der Waals surface area contributed by atoms with Crippen molar-refractivity contribution in [1.29, 1.82) is 0 Å². The third kappa shape index (κ3) is 3.55. The lowest BCUT2D eigenvalue weighted by molar-refractivity contribution is 0.246. The fraction of sp³-hybridized carbons (Fsp3) is 0.474. The highest BCUT2D eigenvalue weighted by atomic mass is 32.2. The minimum absolute atomic E-state index is 0.0246. The molecule has 2 saturated heterocycles. The summed E-state index contributed by atoms with van der Waals surface area (Å²) in [6.07, 6.45) is 2.78. The molecule has 2 fully saturated rings. The number of rotatable bonds is 3. The van der Waals surface area contributed by atoms with Gasteiger partial charge in [-0.15, -0.1) is 5.10 Å². The number of benzene rings is 1. The van der Waals surface area contributed by atoms with Gasteiger partial charge < -0.3 is 4.90 Å². The lowest BCUT2D eigenvalue weighted by Gasteiger charge is -2.40. The van der Waals surface area contributed by atoms with E-state index in [9.17, 15) is 12.8 Å². The SMILES string of the molecule is Cc1ccc(N2CCCC3(CCN(S(=O)(=O)c4cccc(F)c4)C3)C2)nn1. The van der Waals surface area contributed by atoms with E-state index in [0.717, 1.165) is 49.9 Å². The van der Waals surface area contributed by atoms with Crippen LogP contribution < -0.4 is 4.90 Å². The average Bonchev–Trinajstić information content (AvgIpc) is 3.06. The zero-order valence-electron chi connectivity index (χ0n) is 15.3. The van der Waals surface area contributed by atoms with E-state index in [0.29, 0.717) is 13.1 Å². The molecule has 1 spiro atoms. The molecule has 0 radical (unpaired) electrons. The van der Waals surface area contributed by atoms with Gasteiger partial charge in [0.25, 0.3) is 0 Å². The van der Waals surface area contributed by atoms with Crippen molar-refractivity contribution in [3.05, 3.63) is 47.9 Å². The molecule has 2 aliphatic heterocycles. The Morgan fingerprint density at radius 3 is 2.67 bits per heavy atom. The Kier molecular flexibility index (Phi) is 4.63. The predicted octanol–water partition coefficient (Wildman–Crippen LogP) is 2.61. The van der Waals surface area contributed by atoms with Crippen LogP contribution in [-0.4, -0.2) is 49.1 Å². The molecule has 4 rings (SSSR count). The molecule has 3 heterocycles. The molecule has 1 atom stereocenters. The minimum Gasteiger partial charge on any atom is -0.355 e. The van der Waals surface area contributed by atoms with Crippen molar-refractivity contribution < 1.29 is 12.8 Å². The van der Waals surface area contributed by atoms with Crippen molar-refractivity contribution >= 4 is 15.8 Å². The van der Waals surface area contributed by atoms with Gasteiger partial charge in [-0.05, 0) is 56.5 Å². The average molecular weight is 390 g/mol. The lowest BCUT2D eigenvalue weighted by atomic mass is 9.79. The van der Waals surface area contributed by atoms with Crippen LogP contribution in [0.5, 0.6) is 0 Å². The van der Waals surface area contributed by atoms with E-state index < -0.39 is 15.8 Å². The second-order valence-corrected chi connectivity index (χ2v) is 9.54. The van der Waals surface area contributed by atoms with Crippen LogP contribution in [0.25, 0.3) is 0 Å². The van der Waals surface area contributed by atoms with E-state index in [4.69, 9.17) is 0 Å². The van der Waals surface area contributed by atoms with Crippen LogP contribution in [0, 0.1) is 18.2 Å². The van der Waals surface area contributed by atoms with Crippen LogP contribution >= 0.6 is 0 Å². The number of sulfonamides is 1. The molecule has 1 aromatic heterocycles. The normalized spacial score (nSPS) is 23.9. The van der Waals surface area contributed by atoms with E-state index in [2.05, 4.69) is 15.1 Å². The lowest BCUT2D eigenvalue weighted by Crippen LogP contribution is -2.45. The van der Waals surface area contributed by atoms with E-state index in [1.807, 2.05) is 19.1 Å². The van der Waals surface area contributed by atoms with Crippen molar-refractivity contribution in [1.82, 2.24) is 14.5 Å². The number of nitrogens with zero attached hydrogens (tertiary/aromatic N) is 4. The van der Waals surface area contributed by atoms with E-state index >= 15 is 0 Å². The maximum Gasteiger partial charge on any atom is 0.243 e. The Balaban J connectivity index is 1.53. The largest absolute Gasteiger partial charge is 0.355 e.